The van der Waals surface area contributed by atoms with Gasteiger partial charge in [-0.3, -0.25) is 19.3 Å². The number of rotatable bonds is 3. The molecule has 26 heavy (non-hydrogen) atoms. The molecule has 3 amide bonds. The van der Waals surface area contributed by atoms with Crippen molar-refractivity contribution < 1.29 is 14.4 Å². The van der Waals surface area contributed by atoms with E-state index in [0.717, 1.165) is 64.2 Å². The predicted octanol–water partition coefficient (Wildman–Crippen LogP) is 1.85. The van der Waals surface area contributed by atoms with Gasteiger partial charge in [-0.05, 0) is 25.7 Å². The number of hydrogen-bond donors (Lipinski definition) is 2. The molecular formula is C19H30N4O3. The van der Waals surface area contributed by atoms with Crippen LogP contribution in [0, 0.1) is 5.92 Å². The van der Waals surface area contributed by atoms with Crippen LogP contribution in [0.25, 0.3) is 0 Å². The third-order valence-electron chi connectivity index (χ3n) is 5.99. The molecule has 7 nitrogen and oxygen atoms in total. The van der Waals surface area contributed by atoms with Crippen molar-refractivity contribution in [1.82, 2.24) is 10.2 Å². The lowest BCUT2D eigenvalue weighted by atomic mass is 10.0. The predicted molar refractivity (Wildman–Crippen MR) is 98.1 cm³/mol. The highest BCUT2D eigenvalue weighted by Crippen LogP contribution is 2.28. The average molecular weight is 362 g/mol. The first kappa shape index (κ1) is 18.9. The van der Waals surface area contributed by atoms with E-state index in [4.69, 9.17) is 5.84 Å². The monoisotopic (exact) mass is 362 g/mol. The third kappa shape index (κ3) is 3.91. The maximum absolute atomic E-state index is 13.0. The molecule has 1 aliphatic heterocycles. The van der Waals surface area contributed by atoms with Gasteiger partial charge in [-0.1, -0.05) is 51.4 Å². The van der Waals surface area contributed by atoms with Crippen LogP contribution in [-0.2, 0) is 14.4 Å². The molecule has 3 N–H and O–H groups in total. The van der Waals surface area contributed by atoms with Crippen molar-refractivity contribution in [2.24, 2.45) is 16.9 Å². The quantitative estimate of drug-likeness (QED) is 0.263. The van der Waals surface area contributed by atoms with E-state index in [1.165, 1.54) is 17.7 Å². The Labute approximate surface area is 154 Å². The van der Waals surface area contributed by atoms with Crippen LogP contribution in [-0.4, -0.2) is 40.4 Å². The third-order valence-corrected chi connectivity index (χ3v) is 5.99. The van der Waals surface area contributed by atoms with Crippen LogP contribution in [0.4, 0.5) is 0 Å². The zero-order valence-corrected chi connectivity index (χ0v) is 15.4. The lowest BCUT2D eigenvalue weighted by Gasteiger charge is -2.25. The Kier molecular flexibility index (Phi) is 6.27. The minimum Gasteiger partial charge on any atom is -0.352 e. The topological polar surface area (TPSA) is 105 Å². The highest BCUT2D eigenvalue weighted by molar-refractivity contribution is 6.54. The summed E-state index contributed by atoms with van der Waals surface area (Å²) in [5.74, 6) is 2.87. The molecule has 0 aromatic heterocycles. The highest BCUT2D eigenvalue weighted by Gasteiger charge is 2.51. The molecule has 3 rings (SSSR count). The van der Waals surface area contributed by atoms with Crippen molar-refractivity contribution in [2.75, 3.05) is 0 Å². The largest absolute Gasteiger partial charge is 0.352 e. The molecule has 2 aliphatic carbocycles. The van der Waals surface area contributed by atoms with Crippen molar-refractivity contribution in [3.05, 3.63) is 0 Å². The van der Waals surface area contributed by atoms with Crippen LogP contribution in [0.15, 0.2) is 5.10 Å². The van der Waals surface area contributed by atoms with Gasteiger partial charge in [0, 0.05) is 12.1 Å². The summed E-state index contributed by atoms with van der Waals surface area (Å²) in [7, 11) is 0. The molecule has 1 unspecified atom stereocenters. The smallest absolute Gasteiger partial charge is 0.278 e. The van der Waals surface area contributed by atoms with E-state index in [-0.39, 0.29) is 17.8 Å². The first-order valence-electron chi connectivity index (χ1n) is 10.1. The van der Waals surface area contributed by atoms with Gasteiger partial charge in [-0.15, -0.1) is 0 Å². The normalized spacial score (nSPS) is 28.2. The Bertz CT molecular complexity index is 573. The Hall–Kier alpha value is -1.92. The van der Waals surface area contributed by atoms with Gasteiger partial charge in [0.2, 0.25) is 11.8 Å². The van der Waals surface area contributed by atoms with E-state index in [1.54, 1.807) is 0 Å². The summed E-state index contributed by atoms with van der Waals surface area (Å²) in [5.41, 5.74) is -0.106. The molecule has 144 valence electrons. The number of hydrazone groups is 1. The van der Waals surface area contributed by atoms with Crippen LogP contribution >= 0.6 is 0 Å². The molecular weight excluding hydrogens is 332 g/mol. The lowest BCUT2D eigenvalue weighted by Crippen LogP contribution is -2.45. The van der Waals surface area contributed by atoms with E-state index in [1.807, 2.05) is 0 Å². The summed E-state index contributed by atoms with van der Waals surface area (Å²) in [5, 5.41) is 6.52. The zero-order chi connectivity index (χ0) is 18.5. The SMILES string of the molecule is N/N=C1\C(=O)N(C2CCCCCC2)C(=O)C1C(=O)NC1CCCCCC1. The first-order valence-corrected chi connectivity index (χ1v) is 10.1. The Morgan fingerprint density at radius 3 is 2.00 bits per heavy atom. The summed E-state index contributed by atoms with van der Waals surface area (Å²) in [4.78, 5) is 39.8. The number of amides is 3. The van der Waals surface area contributed by atoms with Crippen LogP contribution in [0.3, 0.4) is 0 Å². The average Bonchev–Trinajstić information content (AvgIpc) is 2.92. The second kappa shape index (κ2) is 8.64. The fraction of sp³-hybridized carbons (Fsp3) is 0.789. The van der Waals surface area contributed by atoms with Gasteiger partial charge in [0.15, 0.2) is 5.92 Å². The maximum atomic E-state index is 13.0. The second-order valence-electron chi connectivity index (χ2n) is 7.80. The Morgan fingerprint density at radius 1 is 0.923 bits per heavy atom. The Morgan fingerprint density at radius 2 is 1.46 bits per heavy atom. The second-order valence-corrected chi connectivity index (χ2v) is 7.80. The number of nitrogens with zero attached hydrogens (tertiary/aromatic N) is 2. The summed E-state index contributed by atoms with van der Waals surface area (Å²) in [6.45, 7) is 0. The molecule has 7 heteroatoms. The molecule has 3 fully saturated rings. The molecule has 2 saturated carbocycles. The summed E-state index contributed by atoms with van der Waals surface area (Å²) < 4.78 is 0. The Balaban J connectivity index is 1.74. The zero-order valence-electron chi connectivity index (χ0n) is 15.4. The van der Waals surface area contributed by atoms with Crippen LogP contribution in [0.2, 0.25) is 0 Å². The molecule has 0 aromatic carbocycles. The number of carbonyl (C=O) groups is 3. The number of likely N-dealkylation sites (tertiary alicyclic amines) is 1. The molecule has 0 aromatic rings. The number of carbonyl (C=O) groups excluding carboxylic acids is 3. The van der Waals surface area contributed by atoms with Crippen LogP contribution in [0.1, 0.15) is 77.0 Å². The van der Waals surface area contributed by atoms with Crippen molar-refractivity contribution in [3.8, 4) is 0 Å². The number of imide groups is 1. The lowest BCUT2D eigenvalue weighted by molar-refractivity contribution is -0.143. The van der Waals surface area contributed by atoms with Crippen LogP contribution in [0.5, 0.6) is 0 Å². The van der Waals surface area contributed by atoms with E-state index >= 15 is 0 Å². The summed E-state index contributed by atoms with van der Waals surface area (Å²) in [6, 6.07) is -0.0659. The van der Waals surface area contributed by atoms with Crippen molar-refractivity contribution in [1.29, 1.82) is 0 Å². The van der Waals surface area contributed by atoms with Gasteiger partial charge in [0.1, 0.15) is 5.71 Å². The summed E-state index contributed by atoms with van der Waals surface area (Å²) >= 11 is 0. The fourth-order valence-electron chi connectivity index (χ4n) is 4.54. The van der Waals surface area contributed by atoms with E-state index in [2.05, 4.69) is 10.4 Å². The molecule has 3 aliphatic rings. The highest BCUT2D eigenvalue weighted by atomic mass is 16.2. The molecule has 0 bridgehead atoms. The van der Waals surface area contributed by atoms with E-state index in [0.29, 0.717) is 0 Å². The van der Waals surface area contributed by atoms with Crippen LogP contribution < -0.4 is 11.2 Å². The van der Waals surface area contributed by atoms with Gasteiger partial charge < -0.3 is 11.2 Å². The van der Waals surface area contributed by atoms with E-state index < -0.39 is 23.6 Å². The minimum atomic E-state index is -1.18. The minimum absolute atomic E-state index is 0.0684. The van der Waals surface area contributed by atoms with Gasteiger partial charge in [-0.2, -0.15) is 5.10 Å². The molecule has 1 atom stereocenters. The molecule has 1 heterocycles. The molecule has 0 spiro atoms. The standard InChI is InChI=1S/C19H30N4O3/c20-22-16-15(17(24)21-13-9-5-1-2-6-10-13)18(25)23(19(16)26)14-11-7-3-4-8-12-14/h13-15H,1-12,20H2,(H,21,24)/b22-16-. The van der Waals surface area contributed by atoms with E-state index in [9.17, 15) is 14.4 Å². The van der Waals surface area contributed by atoms with Gasteiger partial charge in [0.05, 0.1) is 0 Å². The number of nitrogens with two attached hydrogens (primary N) is 1. The first-order chi connectivity index (χ1) is 12.6. The van der Waals surface area contributed by atoms with Crippen molar-refractivity contribution in [3.63, 3.8) is 0 Å². The number of nitrogens with one attached hydrogen (secondary N) is 1. The maximum Gasteiger partial charge on any atom is 0.278 e. The summed E-state index contributed by atoms with van der Waals surface area (Å²) in [6.07, 6.45) is 12.2. The molecule has 0 radical (unpaired) electrons. The van der Waals surface area contributed by atoms with Gasteiger partial charge in [0.25, 0.3) is 5.91 Å². The van der Waals surface area contributed by atoms with Gasteiger partial charge >= 0.3 is 0 Å². The number of hydrogen-bond acceptors (Lipinski definition) is 5. The van der Waals surface area contributed by atoms with Crippen molar-refractivity contribution >= 4 is 23.4 Å². The van der Waals surface area contributed by atoms with Gasteiger partial charge in [-0.25, -0.2) is 0 Å². The molecule has 1 saturated heterocycles. The fourth-order valence-corrected chi connectivity index (χ4v) is 4.54. The van der Waals surface area contributed by atoms with Crippen molar-refractivity contribution in [2.45, 2.75) is 89.1 Å².